The van der Waals surface area contributed by atoms with Crippen molar-refractivity contribution in [2.45, 2.75) is 6.42 Å². The third-order valence-electron chi connectivity index (χ3n) is 0.963. The minimum Gasteiger partial charge on any atom is -0.294 e. The maximum atomic E-state index is 10.6. The summed E-state index contributed by atoms with van der Waals surface area (Å²) in [6.07, 6.45) is 8.64. The number of hydrogen-bond acceptors (Lipinski definition) is 2. The minimum atomic E-state index is 0.100. The molecule has 1 aliphatic heterocycles. The van der Waals surface area contributed by atoms with Crippen molar-refractivity contribution in [1.82, 2.24) is 0 Å². The van der Waals surface area contributed by atoms with E-state index in [1.165, 1.54) is 0 Å². The van der Waals surface area contributed by atoms with Crippen LogP contribution in [-0.4, -0.2) is 12.0 Å². The molecule has 0 aromatic carbocycles. The van der Waals surface area contributed by atoms with Gasteiger partial charge >= 0.3 is 0 Å². The van der Waals surface area contributed by atoms with E-state index in [-0.39, 0.29) is 5.78 Å². The highest BCUT2D eigenvalue weighted by Gasteiger charge is 1.90. The second-order valence-corrected chi connectivity index (χ2v) is 1.70. The van der Waals surface area contributed by atoms with Crippen molar-refractivity contribution in [3.63, 3.8) is 0 Å². The summed E-state index contributed by atoms with van der Waals surface area (Å²) in [5, 5.41) is 0. The van der Waals surface area contributed by atoms with Crippen LogP contribution in [-0.2, 0) is 4.79 Å². The van der Waals surface area contributed by atoms with E-state index in [2.05, 4.69) is 4.99 Å². The zero-order chi connectivity index (χ0) is 6.53. The third-order valence-corrected chi connectivity index (χ3v) is 0.963. The van der Waals surface area contributed by atoms with Gasteiger partial charge in [-0.2, -0.15) is 0 Å². The predicted molar refractivity (Wildman–Crippen MR) is 36.4 cm³/mol. The smallest absolute Gasteiger partial charge is 0.161 e. The van der Waals surface area contributed by atoms with E-state index in [0.29, 0.717) is 6.42 Å². The number of allylic oxidation sites excluding steroid dienone is 3. The van der Waals surface area contributed by atoms with E-state index < -0.39 is 0 Å². The number of nitrogens with zero attached hydrogens (tertiary/aromatic N) is 1. The largest absolute Gasteiger partial charge is 0.294 e. The molecule has 0 aliphatic carbocycles. The maximum Gasteiger partial charge on any atom is 0.161 e. The molecular formula is C7H7NO. The quantitative estimate of drug-likeness (QED) is 0.472. The normalized spacial score (nSPS) is 28.2. The summed E-state index contributed by atoms with van der Waals surface area (Å²) in [4.78, 5) is 14.4. The van der Waals surface area contributed by atoms with Gasteiger partial charge in [-0.25, -0.2) is 0 Å². The van der Waals surface area contributed by atoms with Crippen molar-refractivity contribution in [1.29, 1.82) is 0 Å². The lowest BCUT2D eigenvalue weighted by atomic mass is 10.2. The van der Waals surface area contributed by atoms with E-state index in [1.54, 1.807) is 30.6 Å². The van der Waals surface area contributed by atoms with E-state index in [4.69, 9.17) is 0 Å². The molecule has 0 atom stereocenters. The average Bonchev–Trinajstić information content (AvgIpc) is 1.79. The Labute approximate surface area is 53.6 Å². The third kappa shape index (κ3) is 2.04. The van der Waals surface area contributed by atoms with Gasteiger partial charge in [-0.15, -0.1) is 0 Å². The van der Waals surface area contributed by atoms with Crippen LogP contribution in [0.2, 0.25) is 0 Å². The fourth-order valence-corrected chi connectivity index (χ4v) is 0.534. The van der Waals surface area contributed by atoms with Crippen LogP contribution in [0.25, 0.3) is 0 Å². The number of carbonyl (C=O) groups is 1. The SMILES string of the molecule is O=C1\C=C/C=C\N=C/C1. The molecule has 0 unspecified atom stereocenters. The van der Waals surface area contributed by atoms with Gasteiger partial charge in [-0.05, 0) is 12.2 Å². The number of rotatable bonds is 0. The minimum absolute atomic E-state index is 0.100. The first kappa shape index (κ1) is 5.95. The van der Waals surface area contributed by atoms with Crippen molar-refractivity contribution in [2.24, 2.45) is 4.99 Å². The number of carbonyl (C=O) groups excluding carboxylic acids is 1. The average molecular weight is 121 g/mol. The molecule has 46 valence electrons. The first-order valence-electron chi connectivity index (χ1n) is 2.77. The monoisotopic (exact) mass is 121 g/mol. The predicted octanol–water partition coefficient (Wildman–Crippen LogP) is 1.10. The van der Waals surface area contributed by atoms with E-state index in [1.807, 2.05) is 0 Å². The Bertz CT molecular complexity index is 189. The molecule has 1 heterocycles. The Morgan fingerprint density at radius 3 is 3.22 bits per heavy atom. The van der Waals surface area contributed by atoms with Gasteiger partial charge in [-0.3, -0.25) is 9.79 Å². The van der Waals surface area contributed by atoms with Crippen molar-refractivity contribution < 1.29 is 4.79 Å². The molecule has 1 rings (SSSR count). The lowest BCUT2D eigenvalue weighted by molar-refractivity contribution is -0.113. The van der Waals surface area contributed by atoms with Crippen LogP contribution in [0.1, 0.15) is 6.42 Å². The van der Waals surface area contributed by atoms with Crippen LogP contribution in [0, 0.1) is 0 Å². The first-order chi connectivity index (χ1) is 4.39. The molecule has 2 heteroatoms. The van der Waals surface area contributed by atoms with Crippen molar-refractivity contribution >= 4 is 12.0 Å². The van der Waals surface area contributed by atoms with E-state index in [0.717, 1.165) is 0 Å². The highest BCUT2D eigenvalue weighted by atomic mass is 16.1. The molecule has 0 aromatic heterocycles. The Kier molecular flexibility index (Phi) is 1.96. The number of ketones is 1. The van der Waals surface area contributed by atoms with Gasteiger partial charge in [0.2, 0.25) is 0 Å². The molecule has 1 aliphatic rings. The van der Waals surface area contributed by atoms with Crippen LogP contribution in [0.4, 0.5) is 0 Å². The van der Waals surface area contributed by atoms with Gasteiger partial charge in [0, 0.05) is 18.8 Å². The first-order valence-corrected chi connectivity index (χ1v) is 2.77. The summed E-state index contributed by atoms with van der Waals surface area (Å²) >= 11 is 0. The molecule has 0 saturated heterocycles. The molecule has 0 saturated carbocycles. The van der Waals surface area contributed by atoms with Crippen LogP contribution < -0.4 is 0 Å². The molecule has 0 bridgehead atoms. The fourth-order valence-electron chi connectivity index (χ4n) is 0.534. The fraction of sp³-hybridized carbons (Fsp3) is 0.143. The van der Waals surface area contributed by atoms with Gasteiger partial charge in [0.25, 0.3) is 0 Å². The lowest BCUT2D eigenvalue weighted by Gasteiger charge is -1.86. The second-order valence-electron chi connectivity index (χ2n) is 1.70. The van der Waals surface area contributed by atoms with Crippen LogP contribution >= 0.6 is 0 Å². The number of aliphatic imine (C=N–C) groups is 1. The Morgan fingerprint density at radius 2 is 2.33 bits per heavy atom. The zero-order valence-corrected chi connectivity index (χ0v) is 4.95. The summed E-state index contributed by atoms with van der Waals surface area (Å²) in [5.41, 5.74) is 0. The molecule has 0 spiro atoms. The van der Waals surface area contributed by atoms with Gasteiger partial charge in [0.15, 0.2) is 5.78 Å². The molecule has 0 aromatic rings. The highest BCUT2D eigenvalue weighted by molar-refractivity contribution is 5.99. The van der Waals surface area contributed by atoms with Crippen molar-refractivity contribution in [3.8, 4) is 0 Å². The van der Waals surface area contributed by atoms with Crippen LogP contribution in [0.3, 0.4) is 0 Å². The number of hydrogen-bond donors (Lipinski definition) is 0. The van der Waals surface area contributed by atoms with Gasteiger partial charge in [-0.1, -0.05) is 6.08 Å². The highest BCUT2D eigenvalue weighted by Crippen LogP contribution is 1.88. The van der Waals surface area contributed by atoms with Crippen LogP contribution in [0.5, 0.6) is 0 Å². The topological polar surface area (TPSA) is 29.4 Å². The summed E-state index contributed by atoms with van der Waals surface area (Å²) in [6, 6.07) is 0. The van der Waals surface area contributed by atoms with Gasteiger partial charge in [0.1, 0.15) is 0 Å². The standard InChI is InChI=1S/C7H7NO/c9-7-3-1-2-5-8-6-4-7/h1-3,5-6H,4H2/b3-1-,5-2-,8-6-. The van der Waals surface area contributed by atoms with Crippen molar-refractivity contribution in [2.75, 3.05) is 0 Å². The molecule has 0 fully saturated rings. The van der Waals surface area contributed by atoms with E-state index >= 15 is 0 Å². The van der Waals surface area contributed by atoms with Gasteiger partial charge in [0.05, 0.1) is 0 Å². The summed E-state index contributed by atoms with van der Waals surface area (Å²) in [7, 11) is 0. The summed E-state index contributed by atoms with van der Waals surface area (Å²) in [6.45, 7) is 0. The Balaban J connectivity index is 2.70. The second kappa shape index (κ2) is 2.97. The Morgan fingerprint density at radius 1 is 1.44 bits per heavy atom. The van der Waals surface area contributed by atoms with Crippen molar-refractivity contribution in [3.05, 3.63) is 24.4 Å². The van der Waals surface area contributed by atoms with E-state index in [9.17, 15) is 4.79 Å². The summed E-state index contributed by atoms with van der Waals surface area (Å²) < 4.78 is 0. The molecule has 9 heavy (non-hydrogen) atoms. The van der Waals surface area contributed by atoms with Crippen LogP contribution in [0.15, 0.2) is 29.4 Å². The molecule has 0 amide bonds. The zero-order valence-electron chi connectivity index (χ0n) is 4.95. The lowest BCUT2D eigenvalue weighted by Crippen LogP contribution is -1.92. The van der Waals surface area contributed by atoms with Gasteiger partial charge < -0.3 is 0 Å². The summed E-state index contributed by atoms with van der Waals surface area (Å²) in [5.74, 6) is 0.100. The Hall–Kier alpha value is -1.18. The molecule has 2 nitrogen and oxygen atoms in total. The molecule has 0 radical (unpaired) electrons. The maximum absolute atomic E-state index is 10.6. The molecular weight excluding hydrogens is 114 g/mol. The molecule has 0 N–H and O–H groups in total.